The molecule has 0 amide bonds. The third kappa shape index (κ3) is 4.83. The molecule has 3 N–H and O–H groups in total. The molecule has 1 heterocycles. The highest BCUT2D eigenvalue weighted by molar-refractivity contribution is 7.09. The van der Waals surface area contributed by atoms with Crippen LogP contribution in [0, 0.1) is 0 Å². The lowest BCUT2D eigenvalue weighted by molar-refractivity contribution is -0.166. The fraction of sp³-hybridized carbons (Fsp3) is 0.312. The fourth-order valence-electron chi connectivity index (χ4n) is 1.89. The van der Waals surface area contributed by atoms with Crippen molar-refractivity contribution in [3.8, 4) is 0 Å². The van der Waals surface area contributed by atoms with Gasteiger partial charge in [-0.15, -0.1) is 11.3 Å². The van der Waals surface area contributed by atoms with Gasteiger partial charge in [0.2, 0.25) is 0 Å². The summed E-state index contributed by atoms with van der Waals surface area (Å²) >= 11 is 0.884. The van der Waals surface area contributed by atoms with Crippen LogP contribution in [-0.4, -0.2) is 51.6 Å². The molecule has 1 aromatic carbocycles. The van der Waals surface area contributed by atoms with Crippen molar-refractivity contribution in [2.75, 3.05) is 7.11 Å². The number of aliphatic hydroxyl groups is 3. The second-order valence-corrected chi connectivity index (χ2v) is 5.93. The number of rotatable bonds is 7. The Balaban J connectivity index is 1.95. The Morgan fingerprint density at radius 3 is 2.52 bits per heavy atom. The highest BCUT2D eigenvalue weighted by Crippen LogP contribution is 2.23. The van der Waals surface area contributed by atoms with E-state index in [0.717, 1.165) is 11.3 Å². The summed E-state index contributed by atoms with van der Waals surface area (Å²) < 4.78 is 9.39. The van der Waals surface area contributed by atoms with Crippen LogP contribution in [0.3, 0.4) is 0 Å². The number of methoxy groups -OCH3 is 1. The Labute approximate surface area is 147 Å². The van der Waals surface area contributed by atoms with Gasteiger partial charge in [0.1, 0.15) is 23.8 Å². The van der Waals surface area contributed by atoms with Crippen LogP contribution in [0.1, 0.15) is 27.2 Å². The highest BCUT2D eigenvalue weighted by Gasteiger charge is 2.34. The first kappa shape index (κ1) is 19.0. The van der Waals surface area contributed by atoms with Crippen molar-refractivity contribution < 1.29 is 34.4 Å². The van der Waals surface area contributed by atoms with E-state index in [2.05, 4.69) is 9.72 Å². The van der Waals surface area contributed by atoms with Crippen LogP contribution in [0.5, 0.6) is 0 Å². The van der Waals surface area contributed by atoms with Gasteiger partial charge in [-0.3, -0.25) is 0 Å². The number of carbonyl (C=O) groups excluding carboxylic acids is 2. The summed E-state index contributed by atoms with van der Waals surface area (Å²) in [7, 11) is 1.18. The highest BCUT2D eigenvalue weighted by atomic mass is 32.1. The van der Waals surface area contributed by atoms with Crippen LogP contribution in [0.4, 0.5) is 0 Å². The third-order valence-corrected chi connectivity index (χ3v) is 4.20. The van der Waals surface area contributed by atoms with E-state index in [9.17, 15) is 24.9 Å². The summed E-state index contributed by atoms with van der Waals surface area (Å²) in [5, 5.41) is 31.2. The maximum absolute atomic E-state index is 11.8. The molecule has 1 aromatic heterocycles. The van der Waals surface area contributed by atoms with E-state index in [1.165, 1.54) is 12.5 Å². The van der Waals surface area contributed by atoms with Crippen molar-refractivity contribution in [1.29, 1.82) is 0 Å². The van der Waals surface area contributed by atoms with Crippen molar-refractivity contribution in [2.45, 2.75) is 24.9 Å². The van der Waals surface area contributed by atoms with Crippen LogP contribution in [0.15, 0.2) is 35.7 Å². The van der Waals surface area contributed by atoms with Gasteiger partial charge >= 0.3 is 11.9 Å². The third-order valence-electron chi connectivity index (χ3n) is 3.28. The Bertz CT molecular complexity index is 718. The number of aromatic nitrogens is 1. The van der Waals surface area contributed by atoms with E-state index < -0.39 is 30.3 Å². The molecule has 9 heteroatoms. The first-order valence-electron chi connectivity index (χ1n) is 7.22. The van der Waals surface area contributed by atoms with Crippen molar-refractivity contribution >= 4 is 23.3 Å². The number of aliphatic hydroxyl groups excluding tert-OH is 3. The van der Waals surface area contributed by atoms with Gasteiger partial charge in [-0.2, -0.15) is 0 Å². The molecule has 0 radical (unpaired) electrons. The fourth-order valence-corrected chi connectivity index (χ4v) is 2.71. The minimum Gasteiger partial charge on any atom is -0.464 e. The Morgan fingerprint density at radius 2 is 1.88 bits per heavy atom. The lowest BCUT2D eigenvalue weighted by Crippen LogP contribution is -2.39. The second kappa shape index (κ2) is 8.67. The number of nitrogens with zero attached hydrogens (tertiary/aromatic N) is 1. The van der Waals surface area contributed by atoms with Gasteiger partial charge in [0, 0.05) is 5.38 Å². The molecule has 0 spiro atoms. The molecule has 3 atom stereocenters. The first-order chi connectivity index (χ1) is 11.9. The summed E-state index contributed by atoms with van der Waals surface area (Å²) in [6.45, 7) is -0.0801. The Kier molecular flexibility index (Phi) is 6.59. The van der Waals surface area contributed by atoms with Gasteiger partial charge in [-0.05, 0) is 5.56 Å². The number of ether oxygens (including phenoxy) is 2. The minimum atomic E-state index is -1.97. The predicted molar refractivity (Wildman–Crippen MR) is 86.7 cm³/mol. The van der Waals surface area contributed by atoms with Crippen LogP contribution in [-0.2, 0) is 20.9 Å². The van der Waals surface area contributed by atoms with E-state index in [1.54, 1.807) is 30.3 Å². The molecule has 0 bridgehead atoms. The van der Waals surface area contributed by atoms with Crippen LogP contribution in [0.25, 0.3) is 0 Å². The number of thiazole rings is 1. The van der Waals surface area contributed by atoms with Crippen LogP contribution >= 0.6 is 11.3 Å². The molecular formula is C16H17NO7S. The van der Waals surface area contributed by atoms with Gasteiger partial charge in [0.15, 0.2) is 11.8 Å². The quantitative estimate of drug-likeness (QED) is 0.602. The first-order valence-corrected chi connectivity index (χ1v) is 8.10. The number of carbonyl (C=O) groups is 2. The van der Waals surface area contributed by atoms with Crippen molar-refractivity contribution in [3.05, 3.63) is 52.0 Å². The lowest BCUT2D eigenvalue weighted by atomic mass is 10.1. The Morgan fingerprint density at radius 1 is 1.20 bits per heavy atom. The molecule has 25 heavy (non-hydrogen) atoms. The van der Waals surface area contributed by atoms with E-state index >= 15 is 0 Å². The number of hydrogen-bond acceptors (Lipinski definition) is 9. The van der Waals surface area contributed by atoms with E-state index in [4.69, 9.17) is 4.74 Å². The van der Waals surface area contributed by atoms with Gasteiger partial charge in [-0.25, -0.2) is 14.6 Å². The monoisotopic (exact) mass is 367 g/mol. The zero-order chi connectivity index (χ0) is 18.4. The molecule has 0 fully saturated rings. The maximum Gasteiger partial charge on any atom is 0.357 e. The Hall–Kier alpha value is -2.33. The molecular weight excluding hydrogens is 350 g/mol. The largest absolute Gasteiger partial charge is 0.464 e. The number of benzene rings is 1. The zero-order valence-electron chi connectivity index (χ0n) is 13.2. The standard InChI is InChI=1S/C16H17NO7S/c1-23-15(21)10-8-25-14(17-10)12(19)11(18)13(20)16(22)24-7-9-5-3-2-4-6-9/h2-6,8,11-13,18-20H,7H2,1H3/t11-,12+,13+/m1/s1. The van der Waals surface area contributed by atoms with Gasteiger partial charge in [0.25, 0.3) is 0 Å². The van der Waals surface area contributed by atoms with E-state index in [0.29, 0.717) is 5.56 Å². The summed E-state index contributed by atoms with van der Waals surface area (Å²) in [6.07, 6.45) is -5.49. The van der Waals surface area contributed by atoms with Crippen molar-refractivity contribution in [1.82, 2.24) is 4.98 Å². The molecule has 0 saturated heterocycles. The normalized spacial score (nSPS) is 14.4. The average molecular weight is 367 g/mol. The average Bonchev–Trinajstić information content (AvgIpc) is 3.14. The van der Waals surface area contributed by atoms with E-state index in [-0.39, 0.29) is 17.3 Å². The smallest absolute Gasteiger partial charge is 0.357 e. The van der Waals surface area contributed by atoms with Crippen molar-refractivity contribution in [3.63, 3.8) is 0 Å². The van der Waals surface area contributed by atoms with Gasteiger partial charge in [-0.1, -0.05) is 30.3 Å². The van der Waals surface area contributed by atoms with Crippen LogP contribution < -0.4 is 0 Å². The maximum atomic E-state index is 11.8. The number of esters is 2. The van der Waals surface area contributed by atoms with Crippen LogP contribution in [0.2, 0.25) is 0 Å². The molecule has 2 aromatic rings. The topological polar surface area (TPSA) is 126 Å². The molecule has 134 valence electrons. The minimum absolute atomic E-state index is 0.0391. The van der Waals surface area contributed by atoms with Gasteiger partial charge < -0.3 is 24.8 Å². The molecule has 0 aliphatic heterocycles. The van der Waals surface area contributed by atoms with E-state index in [1.807, 2.05) is 0 Å². The number of hydrogen-bond donors (Lipinski definition) is 3. The van der Waals surface area contributed by atoms with Crippen molar-refractivity contribution in [2.24, 2.45) is 0 Å². The SMILES string of the molecule is COC(=O)c1csc([C@@H](O)[C@@H](O)[C@H](O)C(=O)OCc2ccccc2)n1. The summed E-state index contributed by atoms with van der Waals surface area (Å²) in [5.74, 6) is -1.79. The summed E-state index contributed by atoms with van der Waals surface area (Å²) in [4.78, 5) is 27.0. The molecule has 0 aliphatic rings. The lowest BCUT2D eigenvalue weighted by Gasteiger charge is -2.20. The molecule has 8 nitrogen and oxygen atoms in total. The molecule has 0 unspecified atom stereocenters. The second-order valence-electron chi connectivity index (χ2n) is 5.04. The van der Waals surface area contributed by atoms with Gasteiger partial charge in [0.05, 0.1) is 7.11 Å². The predicted octanol–water partition coefficient (Wildman–Crippen LogP) is 0.428. The summed E-state index contributed by atoms with van der Waals surface area (Å²) in [5.41, 5.74) is 0.663. The zero-order valence-corrected chi connectivity index (χ0v) is 14.0. The molecule has 0 aliphatic carbocycles. The molecule has 0 saturated carbocycles. The molecule has 2 rings (SSSR count). The summed E-state index contributed by atoms with van der Waals surface area (Å²) in [6, 6.07) is 8.79.